The first-order valence-electron chi connectivity index (χ1n) is 6.32. The quantitative estimate of drug-likeness (QED) is 0.879. The van der Waals surface area contributed by atoms with Gasteiger partial charge in [-0.3, -0.25) is 4.79 Å². The highest BCUT2D eigenvalue weighted by molar-refractivity contribution is 9.10. The van der Waals surface area contributed by atoms with E-state index in [1.54, 1.807) is 6.20 Å². The van der Waals surface area contributed by atoms with Crippen molar-refractivity contribution in [2.45, 2.75) is 32.7 Å². The van der Waals surface area contributed by atoms with Crippen LogP contribution in [0.1, 0.15) is 37.0 Å². The lowest BCUT2D eigenvalue weighted by Gasteiger charge is -2.11. The van der Waals surface area contributed by atoms with Crippen LogP contribution in [-0.2, 0) is 0 Å². The second-order valence-electron chi connectivity index (χ2n) is 4.77. The molecular formula is C13H18BrN3O. The molecule has 4 nitrogen and oxygen atoms in total. The number of amides is 1. The second-order valence-corrected chi connectivity index (χ2v) is 5.69. The number of rotatable bonds is 5. The Bertz CT molecular complexity index is 450. The Morgan fingerprint density at radius 1 is 1.61 bits per heavy atom. The summed E-state index contributed by atoms with van der Waals surface area (Å²) >= 11 is 3.36. The maximum Gasteiger partial charge on any atom is 0.255 e. The molecule has 1 aliphatic rings. The van der Waals surface area contributed by atoms with E-state index in [9.17, 15) is 4.79 Å². The lowest BCUT2D eigenvalue weighted by Crippen LogP contribution is -2.27. The summed E-state index contributed by atoms with van der Waals surface area (Å²) in [6, 6.07) is 2.14. The predicted octanol–water partition coefficient (Wildman–Crippen LogP) is 2.80. The first-order chi connectivity index (χ1) is 8.61. The number of aromatic nitrogens is 1. The number of nitrogens with one attached hydrogen (secondary N) is 2. The van der Waals surface area contributed by atoms with Crippen LogP contribution < -0.4 is 10.6 Å². The van der Waals surface area contributed by atoms with Crippen molar-refractivity contribution in [3.8, 4) is 0 Å². The fourth-order valence-corrected chi connectivity index (χ4v) is 2.10. The predicted molar refractivity (Wildman–Crippen MR) is 75.8 cm³/mol. The molecule has 0 aliphatic heterocycles. The SMILES string of the molecule is CCCNc1ncc(Br)cc1C(=O)NC1CC1C. The second kappa shape index (κ2) is 5.69. The van der Waals surface area contributed by atoms with Gasteiger partial charge in [0, 0.05) is 23.3 Å². The number of pyridine rings is 1. The first-order valence-corrected chi connectivity index (χ1v) is 7.11. The van der Waals surface area contributed by atoms with Gasteiger partial charge < -0.3 is 10.6 Å². The van der Waals surface area contributed by atoms with Crippen molar-refractivity contribution >= 4 is 27.7 Å². The topological polar surface area (TPSA) is 54.0 Å². The molecule has 0 saturated heterocycles. The number of carbonyl (C=O) groups is 1. The molecule has 2 rings (SSSR count). The van der Waals surface area contributed by atoms with Gasteiger partial charge in [-0.25, -0.2) is 4.98 Å². The average Bonchev–Trinajstić information content (AvgIpc) is 3.03. The Hall–Kier alpha value is -1.10. The smallest absolute Gasteiger partial charge is 0.255 e. The number of hydrogen-bond acceptors (Lipinski definition) is 3. The van der Waals surface area contributed by atoms with Crippen molar-refractivity contribution < 1.29 is 4.79 Å². The zero-order chi connectivity index (χ0) is 13.1. The highest BCUT2D eigenvalue weighted by atomic mass is 79.9. The van der Waals surface area contributed by atoms with E-state index in [-0.39, 0.29) is 5.91 Å². The van der Waals surface area contributed by atoms with Crippen molar-refractivity contribution in [1.82, 2.24) is 10.3 Å². The zero-order valence-electron chi connectivity index (χ0n) is 10.7. The van der Waals surface area contributed by atoms with Crippen LogP contribution in [0.4, 0.5) is 5.82 Å². The molecule has 2 N–H and O–H groups in total. The van der Waals surface area contributed by atoms with Gasteiger partial charge >= 0.3 is 0 Å². The molecule has 2 unspecified atom stereocenters. The first kappa shape index (κ1) is 13.3. The molecule has 1 heterocycles. The molecule has 0 aromatic carbocycles. The van der Waals surface area contributed by atoms with Gasteiger partial charge in [-0.05, 0) is 40.8 Å². The van der Waals surface area contributed by atoms with Gasteiger partial charge in [0.1, 0.15) is 5.82 Å². The molecule has 1 aliphatic carbocycles. The van der Waals surface area contributed by atoms with E-state index in [1.807, 2.05) is 6.07 Å². The largest absolute Gasteiger partial charge is 0.369 e. The summed E-state index contributed by atoms with van der Waals surface area (Å²) in [4.78, 5) is 16.4. The Labute approximate surface area is 116 Å². The molecule has 1 saturated carbocycles. The van der Waals surface area contributed by atoms with E-state index in [0.717, 1.165) is 23.9 Å². The third-order valence-corrected chi connectivity index (χ3v) is 3.50. The molecule has 1 aromatic heterocycles. The Morgan fingerprint density at radius 2 is 2.33 bits per heavy atom. The van der Waals surface area contributed by atoms with Crippen LogP contribution in [0.3, 0.4) is 0 Å². The van der Waals surface area contributed by atoms with Gasteiger partial charge in [0.25, 0.3) is 5.91 Å². The van der Waals surface area contributed by atoms with Gasteiger partial charge in [-0.1, -0.05) is 13.8 Å². The number of anilines is 1. The molecule has 0 spiro atoms. The molecular weight excluding hydrogens is 294 g/mol. The van der Waals surface area contributed by atoms with Crippen molar-refractivity contribution in [1.29, 1.82) is 0 Å². The summed E-state index contributed by atoms with van der Waals surface area (Å²) in [5, 5.41) is 6.21. The van der Waals surface area contributed by atoms with Crippen molar-refractivity contribution in [3.63, 3.8) is 0 Å². The average molecular weight is 312 g/mol. The Kier molecular flexibility index (Phi) is 4.22. The summed E-state index contributed by atoms with van der Waals surface area (Å²) in [6.45, 7) is 5.03. The van der Waals surface area contributed by atoms with E-state index in [4.69, 9.17) is 0 Å². The number of hydrogen-bond donors (Lipinski definition) is 2. The molecule has 1 fully saturated rings. The summed E-state index contributed by atoms with van der Waals surface area (Å²) < 4.78 is 0.818. The van der Waals surface area contributed by atoms with Gasteiger partial charge in [0.15, 0.2) is 0 Å². The van der Waals surface area contributed by atoms with Crippen molar-refractivity contribution in [2.75, 3.05) is 11.9 Å². The fraction of sp³-hybridized carbons (Fsp3) is 0.538. The molecule has 0 radical (unpaired) electrons. The summed E-state index contributed by atoms with van der Waals surface area (Å²) in [5.41, 5.74) is 0.608. The maximum atomic E-state index is 12.2. The van der Waals surface area contributed by atoms with Gasteiger partial charge in [0.05, 0.1) is 5.56 Å². The van der Waals surface area contributed by atoms with Crippen LogP contribution in [0.25, 0.3) is 0 Å². The maximum absolute atomic E-state index is 12.2. The van der Waals surface area contributed by atoms with Crippen LogP contribution >= 0.6 is 15.9 Å². The van der Waals surface area contributed by atoms with Crippen LogP contribution in [0.2, 0.25) is 0 Å². The molecule has 1 amide bonds. The molecule has 0 bridgehead atoms. The third-order valence-electron chi connectivity index (χ3n) is 3.07. The van der Waals surface area contributed by atoms with Crippen molar-refractivity contribution in [2.24, 2.45) is 5.92 Å². The van der Waals surface area contributed by atoms with E-state index in [2.05, 4.69) is 45.4 Å². The molecule has 18 heavy (non-hydrogen) atoms. The molecule has 5 heteroatoms. The van der Waals surface area contributed by atoms with Crippen LogP contribution in [0.15, 0.2) is 16.7 Å². The van der Waals surface area contributed by atoms with E-state index < -0.39 is 0 Å². The summed E-state index contributed by atoms with van der Waals surface area (Å²) in [7, 11) is 0. The number of halogens is 1. The van der Waals surface area contributed by atoms with Crippen LogP contribution in [0.5, 0.6) is 0 Å². The van der Waals surface area contributed by atoms with Gasteiger partial charge in [-0.15, -0.1) is 0 Å². The summed E-state index contributed by atoms with van der Waals surface area (Å²) in [6.07, 6.45) is 3.78. The zero-order valence-corrected chi connectivity index (χ0v) is 12.3. The minimum atomic E-state index is -0.0447. The van der Waals surface area contributed by atoms with Gasteiger partial charge in [-0.2, -0.15) is 0 Å². The van der Waals surface area contributed by atoms with E-state index in [0.29, 0.717) is 23.3 Å². The monoisotopic (exact) mass is 311 g/mol. The molecule has 2 atom stereocenters. The standard InChI is InChI=1S/C13H18BrN3O/c1-3-4-15-12-10(6-9(14)7-16-12)13(18)17-11-5-8(11)2/h6-8,11H,3-5H2,1-2H3,(H,15,16)(H,17,18). The Morgan fingerprint density at radius 3 is 2.94 bits per heavy atom. The van der Waals surface area contributed by atoms with Crippen LogP contribution in [0, 0.1) is 5.92 Å². The summed E-state index contributed by atoms with van der Waals surface area (Å²) in [5.74, 6) is 1.21. The fourth-order valence-electron chi connectivity index (χ4n) is 1.77. The highest BCUT2D eigenvalue weighted by Gasteiger charge is 2.34. The van der Waals surface area contributed by atoms with E-state index in [1.165, 1.54) is 0 Å². The lowest BCUT2D eigenvalue weighted by molar-refractivity contribution is 0.0950. The van der Waals surface area contributed by atoms with Crippen LogP contribution in [-0.4, -0.2) is 23.5 Å². The van der Waals surface area contributed by atoms with Crippen molar-refractivity contribution in [3.05, 3.63) is 22.3 Å². The Balaban J connectivity index is 2.12. The minimum Gasteiger partial charge on any atom is -0.369 e. The number of nitrogens with zero attached hydrogens (tertiary/aromatic N) is 1. The lowest BCUT2D eigenvalue weighted by atomic mass is 10.2. The number of carbonyl (C=O) groups excluding carboxylic acids is 1. The molecule has 1 aromatic rings. The highest BCUT2D eigenvalue weighted by Crippen LogP contribution is 2.29. The molecule has 98 valence electrons. The van der Waals surface area contributed by atoms with Gasteiger partial charge in [0.2, 0.25) is 0 Å². The normalized spacial score (nSPS) is 21.5. The minimum absolute atomic E-state index is 0.0447. The third kappa shape index (κ3) is 3.22. The van der Waals surface area contributed by atoms with E-state index >= 15 is 0 Å².